The normalized spacial score (nSPS) is 9.94. The Kier molecular flexibility index (Phi) is 3.66. The number of nitrogens with one attached hydrogen (secondary N) is 1. The smallest absolute Gasteiger partial charge is 0.309 e. The summed E-state index contributed by atoms with van der Waals surface area (Å²) in [6.07, 6.45) is 0. The summed E-state index contributed by atoms with van der Waals surface area (Å²) in [5, 5.41) is 2.49. The van der Waals surface area contributed by atoms with Gasteiger partial charge in [0.05, 0.1) is 0 Å². The van der Waals surface area contributed by atoms with Crippen LogP contribution in [0.1, 0.15) is 22.3 Å². The second-order valence-electron chi connectivity index (χ2n) is 3.92. The van der Waals surface area contributed by atoms with Gasteiger partial charge in [-0.15, -0.1) is 0 Å². The SMILES string of the molecule is Cc1cc(C)c(CNC(=O)C(N)=O)c(C)c1. The highest BCUT2D eigenvalue weighted by Crippen LogP contribution is 2.15. The number of aryl methyl sites for hydroxylation is 3. The molecule has 0 atom stereocenters. The Morgan fingerprint density at radius 2 is 1.69 bits per heavy atom. The topological polar surface area (TPSA) is 72.2 Å². The molecule has 16 heavy (non-hydrogen) atoms. The monoisotopic (exact) mass is 220 g/mol. The Labute approximate surface area is 94.8 Å². The van der Waals surface area contributed by atoms with Crippen molar-refractivity contribution in [2.45, 2.75) is 27.3 Å². The minimum Gasteiger partial charge on any atom is -0.361 e. The van der Waals surface area contributed by atoms with E-state index in [9.17, 15) is 9.59 Å². The Morgan fingerprint density at radius 1 is 1.19 bits per heavy atom. The van der Waals surface area contributed by atoms with Crippen LogP contribution in [0.3, 0.4) is 0 Å². The van der Waals surface area contributed by atoms with Crippen LogP contribution in [0.4, 0.5) is 0 Å². The summed E-state index contributed by atoms with van der Waals surface area (Å²) < 4.78 is 0. The van der Waals surface area contributed by atoms with E-state index in [2.05, 4.69) is 5.32 Å². The van der Waals surface area contributed by atoms with Crippen LogP contribution >= 0.6 is 0 Å². The first-order chi connectivity index (χ1) is 7.41. The van der Waals surface area contributed by atoms with E-state index >= 15 is 0 Å². The van der Waals surface area contributed by atoms with Crippen molar-refractivity contribution in [1.82, 2.24) is 5.32 Å². The first-order valence-electron chi connectivity index (χ1n) is 5.06. The van der Waals surface area contributed by atoms with Gasteiger partial charge in [0.1, 0.15) is 0 Å². The molecule has 0 aliphatic carbocycles. The lowest BCUT2D eigenvalue weighted by Crippen LogP contribution is -2.35. The molecule has 1 rings (SSSR count). The van der Waals surface area contributed by atoms with E-state index in [0.29, 0.717) is 6.54 Å². The molecule has 0 aliphatic heterocycles. The maximum Gasteiger partial charge on any atom is 0.309 e. The summed E-state index contributed by atoms with van der Waals surface area (Å²) in [5.74, 6) is -1.71. The Morgan fingerprint density at radius 3 is 2.12 bits per heavy atom. The molecule has 0 aliphatic rings. The third kappa shape index (κ3) is 2.82. The number of carbonyl (C=O) groups excluding carboxylic acids is 2. The fourth-order valence-electron chi connectivity index (χ4n) is 1.74. The van der Waals surface area contributed by atoms with Gasteiger partial charge in [-0.1, -0.05) is 17.7 Å². The maximum atomic E-state index is 11.0. The molecular weight excluding hydrogens is 204 g/mol. The van der Waals surface area contributed by atoms with Crippen molar-refractivity contribution >= 4 is 11.8 Å². The number of hydrogen-bond donors (Lipinski definition) is 2. The standard InChI is InChI=1S/C12H16N2O2/c1-7-4-8(2)10(9(3)5-7)6-14-12(16)11(13)15/h4-5H,6H2,1-3H3,(H2,13,15)(H,14,16). The third-order valence-corrected chi connectivity index (χ3v) is 2.49. The van der Waals surface area contributed by atoms with E-state index < -0.39 is 11.8 Å². The van der Waals surface area contributed by atoms with Crippen LogP contribution in [-0.2, 0) is 16.1 Å². The van der Waals surface area contributed by atoms with Gasteiger partial charge in [-0.25, -0.2) is 0 Å². The molecule has 2 amide bonds. The number of amides is 2. The molecule has 86 valence electrons. The van der Waals surface area contributed by atoms with Crippen LogP contribution in [0, 0.1) is 20.8 Å². The predicted octanol–water partition coefficient (Wildman–Crippen LogP) is 0.713. The summed E-state index contributed by atoms with van der Waals surface area (Å²) in [4.78, 5) is 21.6. The summed E-state index contributed by atoms with van der Waals surface area (Å²) in [6.45, 7) is 6.31. The highest BCUT2D eigenvalue weighted by Gasteiger charge is 2.09. The number of benzene rings is 1. The quantitative estimate of drug-likeness (QED) is 0.720. The summed E-state index contributed by atoms with van der Waals surface area (Å²) >= 11 is 0. The van der Waals surface area contributed by atoms with E-state index in [0.717, 1.165) is 16.7 Å². The first kappa shape index (κ1) is 12.2. The molecule has 0 fully saturated rings. The van der Waals surface area contributed by atoms with Crippen LogP contribution in [0.5, 0.6) is 0 Å². The second kappa shape index (κ2) is 4.79. The molecule has 0 unspecified atom stereocenters. The molecule has 1 aromatic rings. The van der Waals surface area contributed by atoms with Crippen molar-refractivity contribution in [2.24, 2.45) is 5.73 Å². The largest absolute Gasteiger partial charge is 0.361 e. The van der Waals surface area contributed by atoms with Gasteiger partial charge >= 0.3 is 11.8 Å². The molecule has 0 saturated carbocycles. The average Bonchev–Trinajstić information content (AvgIpc) is 2.15. The van der Waals surface area contributed by atoms with Gasteiger partial charge in [0, 0.05) is 6.54 Å². The Bertz CT molecular complexity index is 416. The first-order valence-corrected chi connectivity index (χ1v) is 5.06. The molecular formula is C12H16N2O2. The predicted molar refractivity (Wildman–Crippen MR) is 61.7 cm³/mol. The fraction of sp³-hybridized carbons (Fsp3) is 0.333. The molecule has 0 saturated heterocycles. The summed E-state index contributed by atoms with van der Waals surface area (Å²) in [7, 11) is 0. The number of carbonyl (C=O) groups is 2. The molecule has 4 nitrogen and oxygen atoms in total. The van der Waals surface area contributed by atoms with Gasteiger partial charge in [-0.3, -0.25) is 9.59 Å². The minimum absolute atomic E-state index is 0.333. The van der Waals surface area contributed by atoms with Gasteiger partial charge < -0.3 is 11.1 Å². The lowest BCUT2D eigenvalue weighted by atomic mass is 10.00. The molecule has 3 N–H and O–H groups in total. The van der Waals surface area contributed by atoms with Crippen LogP contribution in [-0.4, -0.2) is 11.8 Å². The van der Waals surface area contributed by atoms with Crippen molar-refractivity contribution < 1.29 is 9.59 Å². The van der Waals surface area contributed by atoms with E-state index in [1.54, 1.807) is 0 Å². The molecule has 0 heterocycles. The van der Waals surface area contributed by atoms with Gasteiger partial charge in [-0.2, -0.15) is 0 Å². The van der Waals surface area contributed by atoms with Crippen molar-refractivity contribution in [1.29, 1.82) is 0 Å². The maximum absolute atomic E-state index is 11.0. The molecule has 0 radical (unpaired) electrons. The van der Waals surface area contributed by atoms with Crippen LogP contribution in [0.2, 0.25) is 0 Å². The molecule has 0 aromatic heterocycles. The van der Waals surface area contributed by atoms with Crippen LogP contribution in [0.25, 0.3) is 0 Å². The number of rotatable bonds is 2. The molecule has 4 heteroatoms. The van der Waals surface area contributed by atoms with Gasteiger partial charge in [0.25, 0.3) is 0 Å². The summed E-state index contributed by atoms with van der Waals surface area (Å²) in [6, 6.07) is 4.08. The average molecular weight is 220 g/mol. The Hall–Kier alpha value is -1.84. The fourth-order valence-corrected chi connectivity index (χ4v) is 1.74. The van der Waals surface area contributed by atoms with E-state index in [1.165, 1.54) is 5.56 Å². The van der Waals surface area contributed by atoms with Crippen molar-refractivity contribution in [2.75, 3.05) is 0 Å². The van der Waals surface area contributed by atoms with Crippen molar-refractivity contribution in [3.05, 3.63) is 34.4 Å². The minimum atomic E-state index is -0.956. The highest BCUT2D eigenvalue weighted by atomic mass is 16.2. The van der Waals surface area contributed by atoms with E-state index in [-0.39, 0.29) is 0 Å². The zero-order chi connectivity index (χ0) is 12.3. The Balaban J connectivity index is 2.82. The zero-order valence-electron chi connectivity index (χ0n) is 9.76. The van der Waals surface area contributed by atoms with Gasteiger partial charge in [0.2, 0.25) is 0 Å². The number of hydrogen-bond acceptors (Lipinski definition) is 2. The zero-order valence-corrected chi connectivity index (χ0v) is 9.76. The molecule has 1 aromatic carbocycles. The van der Waals surface area contributed by atoms with Crippen LogP contribution in [0.15, 0.2) is 12.1 Å². The van der Waals surface area contributed by atoms with E-state index in [1.807, 2.05) is 32.9 Å². The second-order valence-corrected chi connectivity index (χ2v) is 3.92. The van der Waals surface area contributed by atoms with Gasteiger partial charge in [-0.05, 0) is 37.5 Å². The highest BCUT2D eigenvalue weighted by molar-refractivity contribution is 6.34. The lowest BCUT2D eigenvalue weighted by molar-refractivity contribution is -0.137. The lowest BCUT2D eigenvalue weighted by Gasteiger charge is -2.11. The van der Waals surface area contributed by atoms with Crippen molar-refractivity contribution in [3.8, 4) is 0 Å². The van der Waals surface area contributed by atoms with Gasteiger partial charge in [0.15, 0.2) is 0 Å². The summed E-state index contributed by atoms with van der Waals surface area (Å²) in [5.41, 5.74) is 9.26. The number of nitrogens with two attached hydrogens (primary N) is 1. The molecule has 0 bridgehead atoms. The molecule has 0 spiro atoms. The van der Waals surface area contributed by atoms with E-state index in [4.69, 9.17) is 5.73 Å². The third-order valence-electron chi connectivity index (χ3n) is 2.49. The number of primary amides is 1. The van der Waals surface area contributed by atoms with Crippen LogP contribution < -0.4 is 11.1 Å². The van der Waals surface area contributed by atoms with Crippen molar-refractivity contribution in [3.63, 3.8) is 0 Å².